The largest absolute Gasteiger partial charge is 0.370 e. The highest BCUT2D eigenvalue weighted by molar-refractivity contribution is 7.90. The molecule has 0 radical (unpaired) electrons. The zero-order valence-electron chi connectivity index (χ0n) is 14.9. The van der Waals surface area contributed by atoms with Crippen molar-refractivity contribution in [1.82, 2.24) is 4.90 Å². The average molecular weight is 351 g/mol. The number of nitrogens with zero attached hydrogens (tertiary/aromatic N) is 2. The first-order valence-electron chi connectivity index (χ1n) is 9.20. The molecule has 0 aliphatic carbocycles. The third-order valence-corrected chi connectivity index (χ3v) is 6.66. The number of likely N-dealkylation sites (tertiary alicyclic amines) is 1. The third kappa shape index (κ3) is 4.31. The first kappa shape index (κ1) is 17.7. The van der Waals surface area contributed by atoms with E-state index < -0.39 is 9.84 Å². The molecule has 1 aromatic rings. The molecular formula is C19H30N2O2S. The molecule has 0 bridgehead atoms. The van der Waals surface area contributed by atoms with E-state index in [-0.39, 0.29) is 0 Å². The van der Waals surface area contributed by atoms with E-state index in [0.29, 0.717) is 10.8 Å². The number of sulfone groups is 1. The number of rotatable bonds is 4. The number of benzene rings is 1. The van der Waals surface area contributed by atoms with Gasteiger partial charge in [0.2, 0.25) is 0 Å². The summed E-state index contributed by atoms with van der Waals surface area (Å²) in [7, 11) is -3.19. The van der Waals surface area contributed by atoms with Crippen LogP contribution in [-0.2, 0) is 9.84 Å². The molecule has 0 N–H and O–H groups in total. The Labute approximate surface area is 146 Å². The second kappa shape index (κ2) is 7.44. The molecule has 2 aliphatic rings. The highest BCUT2D eigenvalue weighted by Crippen LogP contribution is 2.30. The van der Waals surface area contributed by atoms with Crippen LogP contribution in [0.25, 0.3) is 0 Å². The minimum Gasteiger partial charge on any atom is -0.370 e. The Morgan fingerprint density at radius 3 is 2.50 bits per heavy atom. The summed E-state index contributed by atoms with van der Waals surface area (Å²) in [6, 6.07) is 7.46. The van der Waals surface area contributed by atoms with Crippen LogP contribution in [0, 0.1) is 11.8 Å². The van der Waals surface area contributed by atoms with Gasteiger partial charge in [0.25, 0.3) is 0 Å². The molecule has 0 aromatic heterocycles. The molecule has 2 saturated heterocycles. The summed E-state index contributed by atoms with van der Waals surface area (Å²) in [5.41, 5.74) is 0.886. The first-order chi connectivity index (χ1) is 11.4. The smallest absolute Gasteiger partial charge is 0.177 e. The van der Waals surface area contributed by atoms with Crippen molar-refractivity contribution in [2.45, 2.75) is 37.5 Å². The molecular weight excluding hydrogens is 320 g/mol. The zero-order chi connectivity index (χ0) is 17.2. The maximum Gasteiger partial charge on any atom is 0.177 e. The van der Waals surface area contributed by atoms with Gasteiger partial charge >= 0.3 is 0 Å². The van der Waals surface area contributed by atoms with Crippen LogP contribution in [0.15, 0.2) is 29.2 Å². The van der Waals surface area contributed by atoms with Crippen LogP contribution in [0.1, 0.15) is 32.6 Å². The van der Waals surface area contributed by atoms with E-state index in [9.17, 15) is 8.42 Å². The lowest BCUT2D eigenvalue weighted by atomic mass is 9.94. The van der Waals surface area contributed by atoms with Gasteiger partial charge in [-0.25, -0.2) is 8.42 Å². The molecule has 4 nitrogen and oxygen atoms in total. The van der Waals surface area contributed by atoms with Gasteiger partial charge < -0.3 is 9.80 Å². The summed E-state index contributed by atoms with van der Waals surface area (Å²) in [5, 5.41) is 0. The number of anilines is 1. The minimum absolute atomic E-state index is 0.470. The fourth-order valence-corrected chi connectivity index (χ4v) is 4.98. The molecule has 2 heterocycles. The number of para-hydroxylation sites is 1. The Balaban J connectivity index is 1.68. The van der Waals surface area contributed by atoms with Crippen molar-refractivity contribution in [1.29, 1.82) is 0 Å². The fraction of sp³-hybridized carbons (Fsp3) is 0.684. The molecule has 1 unspecified atom stereocenters. The minimum atomic E-state index is -3.19. The molecule has 2 aliphatic heterocycles. The predicted octanol–water partition coefficient (Wildman–Crippen LogP) is 3.04. The van der Waals surface area contributed by atoms with Crippen molar-refractivity contribution in [2.24, 2.45) is 11.8 Å². The topological polar surface area (TPSA) is 40.6 Å². The first-order valence-corrected chi connectivity index (χ1v) is 11.1. The van der Waals surface area contributed by atoms with Gasteiger partial charge in [0.05, 0.1) is 10.6 Å². The Hall–Kier alpha value is -1.07. The Kier molecular flexibility index (Phi) is 5.50. The summed E-state index contributed by atoms with van der Waals surface area (Å²) in [4.78, 5) is 5.37. The van der Waals surface area contributed by atoms with Crippen LogP contribution >= 0.6 is 0 Å². The van der Waals surface area contributed by atoms with E-state index in [1.807, 2.05) is 18.2 Å². The normalized spacial score (nSPS) is 24.2. The molecule has 134 valence electrons. The molecule has 5 heteroatoms. The van der Waals surface area contributed by atoms with E-state index in [1.54, 1.807) is 6.07 Å². The van der Waals surface area contributed by atoms with Crippen molar-refractivity contribution < 1.29 is 8.42 Å². The van der Waals surface area contributed by atoms with Crippen molar-refractivity contribution in [3.8, 4) is 0 Å². The Morgan fingerprint density at radius 2 is 1.79 bits per heavy atom. The highest BCUT2D eigenvalue weighted by Gasteiger charge is 2.26. The van der Waals surface area contributed by atoms with Crippen LogP contribution in [0.5, 0.6) is 0 Å². The summed E-state index contributed by atoms with van der Waals surface area (Å²) >= 11 is 0. The van der Waals surface area contributed by atoms with Crippen LogP contribution in [0.2, 0.25) is 0 Å². The second-order valence-electron chi connectivity index (χ2n) is 7.68. The highest BCUT2D eigenvalue weighted by atomic mass is 32.2. The van der Waals surface area contributed by atoms with E-state index in [1.165, 1.54) is 38.6 Å². The Morgan fingerprint density at radius 1 is 1.08 bits per heavy atom. The van der Waals surface area contributed by atoms with E-state index in [4.69, 9.17) is 0 Å². The zero-order valence-corrected chi connectivity index (χ0v) is 15.8. The number of hydrogen-bond acceptors (Lipinski definition) is 4. The Bertz CT molecular complexity index is 651. The SMILES string of the molecule is CC1CCN(CC2CCCN(c3ccccc3S(C)(=O)=O)C2)CC1. The summed E-state index contributed by atoms with van der Waals surface area (Å²) in [5.74, 6) is 1.51. The van der Waals surface area contributed by atoms with Crippen molar-refractivity contribution in [3.63, 3.8) is 0 Å². The van der Waals surface area contributed by atoms with Gasteiger partial charge in [-0.3, -0.25) is 0 Å². The van der Waals surface area contributed by atoms with Gasteiger partial charge in [-0.1, -0.05) is 19.1 Å². The lowest BCUT2D eigenvalue weighted by molar-refractivity contribution is 0.159. The van der Waals surface area contributed by atoms with Crippen molar-refractivity contribution in [2.75, 3.05) is 43.9 Å². The van der Waals surface area contributed by atoms with Crippen molar-refractivity contribution >= 4 is 15.5 Å². The maximum absolute atomic E-state index is 12.1. The number of hydrogen-bond donors (Lipinski definition) is 0. The molecule has 0 saturated carbocycles. The third-order valence-electron chi connectivity index (χ3n) is 5.52. The number of piperidine rings is 2. The quantitative estimate of drug-likeness (QED) is 0.837. The van der Waals surface area contributed by atoms with E-state index >= 15 is 0 Å². The van der Waals surface area contributed by atoms with Crippen LogP contribution < -0.4 is 4.90 Å². The molecule has 3 rings (SSSR count). The maximum atomic E-state index is 12.1. The van der Waals surface area contributed by atoms with Crippen LogP contribution in [0.4, 0.5) is 5.69 Å². The van der Waals surface area contributed by atoms with Gasteiger partial charge in [-0.2, -0.15) is 0 Å². The molecule has 1 aromatic carbocycles. The van der Waals surface area contributed by atoms with E-state index in [2.05, 4.69) is 16.7 Å². The average Bonchev–Trinajstić information content (AvgIpc) is 2.56. The molecule has 24 heavy (non-hydrogen) atoms. The lowest BCUT2D eigenvalue weighted by Crippen LogP contribution is -2.43. The molecule has 1 atom stereocenters. The van der Waals surface area contributed by atoms with Gasteiger partial charge in [0.15, 0.2) is 9.84 Å². The van der Waals surface area contributed by atoms with E-state index in [0.717, 1.165) is 37.7 Å². The summed E-state index contributed by atoms with van der Waals surface area (Å²) < 4.78 is 24.2. The van der Waals surface area contributed by atoms with Gasteiger partial charge in [-0.15, -0.1) is 0 Å². The summed E-state index contributed by atoms with van der Waals surface area (Å²) in [6.07, 6.45) is 6.33. The predicted molar refractivity (Wildman–Crippen MR) is 99.3 cm³/mol. The van der Waals surface area contributed by atoms with Crippen molar-refractivity contribution in [3.05, 3.63) is 24.3 Å². The standard InChI is InChI=1S/C19H30N2O2S/c1-16-9-12-20(13-10-16)14-17-6-5-11-21(15-17)18-7-3-4-8-19(18)24(2,22)23/h3-4,7-8,16-17H,5-6,9-15H2,1-2H3. The van der Waals surface area contributed by atoms with Gasteiger partial charge in [0, 0.05) is 25.9 Å². The lowest BCUT2D eigenvalue weighted by Gasteiger charge is -2.39. The van der Waals surface area contributed by atoms with Crippen LogP contribution in [-0.4, -0.2) is 52.3 Å². The molecule has 0 spiro atoms. The summed E-state index contributed by atoms with van der Waals surface area (Å²) in [6.45, 7) is 7.87. The molecule has 2 fully saturated rings. The van der Waals surface area contributed by atoms with Gasteiger partial charge in [-0.05, 0) is 62.7 Å². The van der Waals surface area contributed by atoms with Crippen LogP contribution in [0.3, 0.4) is 0 Å². The molecule has 0 amide bonds. The monoisotopic (exact) mass is 350 g/mol. The fourth-order valence-electron chi connectivity index (χ4n) is 4.07. The second-order valence-corrected chi connectivity index (χ2v) is 9.66. The van der Waals surface area contributed by atoms with Gasteiger partial charge in [0.1, 0.15) is 0 Å².